The van der Waals surface area contributed by atoms with Crippen molar-refractivity contribution in [2.45, 2.75) is 6.54 Å². The van der Waals surface area contributed by atoms with Crippen LogP contribution in [0.5, 0.6) is 11.5 Å². The molecule has 2 aromatic carbocycles. The van der Waals surface area contributed by atoms with Crippen LogP contribution in [-0.4, -0.2) is 41.0 Å². The number of pyridine rings is 1. The van der Waals surface area contributed by atoms with Crippen molar-refractivity contribution >= 4 is 22.6 Å². The van der Waals surface area contributed by atoms with Gasteiger partial charge in [0, 0.05) is 29.2 Å². The molecule has 8 nitrogen and oxygen atoms in total. The first-order valence-corrected chi connectivity index (χ1v) is 8.81. The number of hydrogen-bond acceptors (Lipinski definition) is 5. The van der Waals surface area contributed by atoms with Gasteiger partial charge in [-0.15, -0.1) is 0 Å². The number of ether oxygens (including phenoxy) is 2. The second-order valence-corrected chi connectivity index (χ2v) is 6.36. The third-order valence-corrected chi connectivity index (χ3v) is 4.46. The second kappa shape index (κ2) is 7.61. The molecule has 144 valence electrons. The number of aliphatic hydroxyl groups excluding tert-OH is 1. The highest BCUT2D eigenvalue weighted by atomic mass is 16.7. The zero-order chi connectivity index (χ0) is 19.5. The number of aromatic amines is 1. The molecular weight excluding hydrogens is 362 g/mol. The van der Waals surface area contributed by atoms with Crippen molar-refractivity contribution in [2.24, 2.45) is 0 Å². The number of benzene rings is 2. The topological polar surface area (TPSA) is 104 Å². The summed E-state index contributed by atoms with van der Waals surface area (Å²) < 4.78 is 10.7. The van der Waals surface area contributed by atoms with Crippen molar-refractivity contribution in [1.29, 1.82) is 0 Å². The smallest absolute Gasteiger partial charge is 0.322 e. The summed E-state index contributed by atoms with van der Waals surface area (Å²) in [6, 6.07) is 13.8. The van der Waals surface area contributed by atoms with Crippen LogP contribution < -0.4 is 20.3 Å². The largest absolute Gasteiger partial charge is 0.454 e. The number of fused-ring (bicyclic) bond motifs is 2. The number of nitrogens with zero attached hydrogens (tertiary/aromatic N) is 1. The maximum absolute atomic E-state index is 12.6. The highest BCUT2D eigenvalue weighted by molar-refractivity contribution is 5.89. The maximum Gasteiger partial charge on any atom is 0.322 e. The van der Waals surface area contributed by atoms with Gasteiger partial charge in [0.25, 0.3) is 5.56 Å². The fourth-order valence-electron chi connectivity index (χ4n) is 3.06. The van der Waals surface area contributed by atoms with Gasteiger partial charge in [0.05, 0.1) is 18.7 Å². The van der Waals surface area contributed by atoms with Crippen LogP contribution in [0, 0.1) is 0 Å². The Bertz CT molecular complexity index is 1060. The molecule has 0 saturated heterocycles. The van der Waals surface area contributed by atoms with Crippen LogP contribution in [-0.2, 0) is 6.54 Å². The third-order valence-electron chi connectivity index (χ3n) is 4.46. The lowest BCUT2D eigenvalue weighted by Gasteiger charge is -2.22. The molecule has 8 heteroatoms. The van der Waals surface area contributed by atoms with E-state index >= 15 is 0 Å². The van der Waals surface area contributed by atoms with E-state index in [0.717, 1.165) is 5.39 Å². The Labute approximate surface area is 160 Å². The maximum atomic E-state index is 12.6. The van der Waals surface area contributed by atoms with E-state index in [1.807, 2.05) is 18.2 Å². The Kier molecular flexibility index (Phi) is 4.86. The Morgan fingerprint density at radius 1 is 1.14 bits per heavy atom. The molecule has 0 radical (unpaired) electrons. The van der Waals surface area contributed by atoms with Crippen LogP contribution in [0.3, 0.4) is 0 Å². The number of para-hydroxylation sites is 1. The molecule has 28 heavy (non-hydrogen) atoms. The molecule has 0 saturated carbocycles. The monoisotopic (exact) mass is 381 g/mol. The second-order valence-electron chi connectivity index (χ2n) is 6.36. The number of rotatable bonds is 5. The Hall–Kier alpha value is -3.52. The van der Waals surface area contributed by atoms with E-state index in [-0.39, 0.29) is 32.0 Å². The molecule has 3 N–H and O–H groups in total. The van der Waals surface area contributed by atoms with Crippen molar-refractivity contribution < 1.29 is 19.4 Å². The number of aliphatic hydroxyl groups is 1. The zero-order valence-corrected chi connectivity index (χ0v) is 15.0. The minimum atomic E-state index is -0.398. The molecule has 0 aliphatic carbocycles. The van der Waals surface area contributed by atoms with Gasteiger partial charge in [0.15, 0.2) is 11.5 Å². The van der Waals surface area contributed by atoms with E-state index in [1.54, 1.807) is 30.3 Å². The van der Waals surface area contributed by atoms with Gasteiger partial charge < -0.3 is 29.8 Å². The van der Waals surface area contributed by atoms with Gasteiger partial charge in [0.2, 0.25) is 6.79 Å². The molecule has 1 aliphatic heterocycles. The average Bonchev–Trinajstić information content (AvgIpc) is 3.14. The van der Waals surface area contributed by atoms with Crippen LogP contribution in [0.2, 0.25) is 0 Å². The van der Waals surface area contributed by atoms with Crippen molar-refractivity contribution in [2.75, 3.05) is 25.3 Å². The van der Waals surface area contributed by atoms with Gasteiger partial charge in [-0.1, -0.05) is 18.2 Å². The number of carbonyl (C=O) groups excluding carboxylic acids is 1. The van der Waals surface area contributed by atoms with E-state index in [2.05, 4.69) is 10.3 Å². The van der Waals surface area contributed by atoms with E-state index in [1.165, 1.54) is 4.90 Å². The Balaban J connectivity index is 1.60. The van der Waals surface area contributed by atoms with Crippen molar-refractivity contribution in [1.82, 2.24) is 9.88 Å². The average molecular weight is 381 g/mol. The molecule has 2 amide bonds. The van der Waals surface area contributed by atoms with E-state index in [0.29, 0.717) is 28.3 Å². The van der Waals surface area contributed by atoms with Crippen LogP contribution in [0.4, 0.5) is 10.5 Å². The number of anilines is 1. The van der Waals surface area contributed by atoms with Crippen molar-refractivity contribution in [3.05, 3.63) is 64.4 Å². The van der Waals surface area contributed by atoms with Gasteiger partial charge in [0.1, 0.15) is 0 Å². The number of urea groups is 1. The van der Waals surface area contributed by atoms with Crippen LogP contribution in [0.25, 0.3) is 10.9 Å². The highest BCUT2D eigenvalue weighted by Gasteiger charge is 2.18. The van der Waals surface area contributed by atoms with E-state index in [9.17, 15) is 14.7 Å². The molecule has 3 aromatic rings. The van der Waals surface area contributed by atoms with E-state index < -0.39 is 6.03 Å². The molecule has 0 fully saturated rings. The normalized spacial score (nSPS) is 12.2. The van der Waals surface area contributed by atoms with Gasteiger partial charge >= 0.3 is 6.03 Å². The molecule has 2 heterocycles. The molecular formula is C20H19N3O5. The molecule has 0 unspecified atom stereocenters. The summed E-state index contributed by atoms with van der Waals surface area (Å²) >= 11 is 0. The highest BCUT2D eigenvalue weighted by Crippen LogP contribution is 2.35. The van der Waals surface area contributed by atoms with Crippen LogP contribution in [0.1, 0.15) is 5.56 Å². The number of aromatic nitrogens is 1. The zero-order valence-electron chi connectivity index (χ0n) is 15.0. The number of hydrogen-bond donors (Lipinski definition) is 3. The summed E-state index contributed by atoms with van der Waals surface area (Å²) in [6.07, 6.45) is 0. The quantitative estimate of drug-likeness (QED) is 0.629. The summed E-state index contributed by atoms with van der Waals surface area (Å²) in [4.78, 5) is 29.3. The molecule has 0 bridgehead atoms. The Morgan fingerprint density at radius 3 is 2.64 bits per heavy atom. The molecule has 0 atom stereocenters. The van der Waals surface area contributed by atoms with Crippen molar-refractivity contribution in [3.8, 4) is 11.5 Å². The lowest BCUT2D eigenvalue weighted by Crippen LogP contribution is -2.38. The van der Waals surface area contributed by atoms with Gasteiger partial charge in [-0.25, -0.2) is 4.79 Å². The first-order chi connectivity index (χ1) is 13.6. The minimum Gasteiger partial charge on any atom is -0.454 e. The Morgan fingerprint density at radius 2 is 1.89 bits per heavy atom. The summed E-state index contributed by atoms with van der Waals surface area (Å²) in [5.41, 5.74) is 1.36. The SMILES string of the molecule is O=C(Nc1ccccc1)N(CCO)Cc1cc2cc3c(cc2[nH]c1=O)OCO3. The van der Waals surface area contributed by atoms with Gasteiger partial charge in [-0.05, 0) is 24.3 Å². The fraction of sp³-hybridized carbons (Fsp3) is 0.200. The number of amides is 2. The summed E-state index contributed by atoms with van der Waals surface area (Å²) in [6.45, 7) is 0.0787. The summed E-state index contributed by atoms with van der Waals surface area (Å²) in [5.74, 6) is 1.19. The first kappa shape index (κ1) is 17.9. The lowest BCUT2D eigenvalue weighted by molar-refractivity contribution is 0.174. The van der Waals surface area contributed by atoms with Gasteiger partial charge in [-0.2, -0.15) is 0 Å². The first-order valence-electron chi connectivity index (χ1n) is 8.81. The van der Waals surface area contributed by atoms with Crippen molar-refractivity contribution in [3.63, 3.8) is 0 Å². The number of nitrogens with one attached hydrogen (secondary N) is 2. The molecule has 1 aliphatic rings. The molecule has 1 aromatic heterocycles. The van der Waals surface area contributed by atoms with Crippen LogP contribution in [0.15, 0.2) is 53.3 Å². The predicted molar refractivity (Wildman–Crippen MR) is 104 cm³/mol. The van der Waals surface area contributed by atoms with Crippen LogP contribution >= 0.6 is 0 Å². The minimum absolute atomic E-state index is 0.0545. The van der Waals surface area contributed by atoms with E-state index in [4.69, 9.17) is 9.47 Å². The predicted octanol–water partition coefficient (Wildman–Crippen LogP) is 2.28. The number of carbonyl (C=O) groups is 1. The molecule has 4 rings (SSSR count). The fourth-order valence-corrected chi connectivity index (χ4v) is 3.06. The standard InChI is InChI=1S/C20H19N3O5/c24-7-6-23(20(26)21-15-4-2-1-3-5-15)11-14-8-13-9-17-18(28-12-27-17)10-16(13)22-19(14)25/h1-5,8-10,24H,6-7,11-12H2,(H,21,26)(H,22,25). The van der Waals surface area contributed by atoms with Gasteiger partial charge in [-0.3, -0.25) is 4.79 Å². The third kappa shape index (κ3) is 3.63. The number of H-pyrrole nitrogens is 1. The summed E-state index contributed by atoms with van der Waals surface area (Å²) in [5, 5.41) is 12.9. The molecule has 0 spiro atoms. The lowest BCUT2D eigenvalue weighted by atomic mass is 10.1. The summed E-state index contributed by atoms with van der Waals surface area (Å²) in [7, 11) is 0.